The zero-order chi connectivity index (χ0) is 70.7. The van der Waals surface area contributed by atoms with E-state index < -0.39 is 0 Å². The SMILES string of the molecule is CBr.COc1ccc(CN2[C@H]3CC[C@@H]2[C@H](NC(=O)C2CCN(c4cc(Cl)cc(C#N)c4)C2)C3)cc1.COc1ccc(CN2[C@H]3CC[C@@H]2[C@H](NC(=O)C2CCNC2)C3)cc1.N#Cc1cc(Cl)cc(Br)c1.N#Cc1cc(Cl)cc(N2CCC(C(=O)N[C@@H]3C[C@@H]4CC[C@H]3N4C#N)C2)c1.O=CO[O-].[H-].[K+].[K+]. The number of ether oxygens (including phenoxy) is 2. The molecule has 9 heterocycles. The molecule has 3 amide bonds. The third-order valence-electron chi connectivity index (χ3n) is 20.4. The molecule has 0 aliphatic carbocycles. The first-order valence-electron chi connectivity index (χ1n) is 33.5. The molecular formula is C73H84Br2Cl3K2N13O8. The van der Waals surface area contributed by atoms with Crippen LogP contribution in [-0.2, 0) is 37.2 Å². The monoisotopic (exact) mass is 1610 g/mol. The number of fused-ring (bicyclic) bond motifs is 6. The molecule has 9 aliphatic rings. The van der Waals surface area contributed by atoms with Gasteiger partial charge in [-0.15, -0.1) is 0 Å². The van der Waals surface area contributed by atoms with Gasteiger partial charge in [-0.2, -0.15) is 21.0 Å². The summed E-state index contributed by atoms with van der Waals surface area (Å²) in [6.45, 7) is 6.36. The second-order valence-corrected chi connectivity index (χ2v) is 28.4. The molecule has 0 aromatic heterocycles. The van der Waals surface area contributed by atoms with Gasteiger partial charge >= 0.3 is 103 Å². The number of nitriles is 4. The van der Waals surface area contributed by atoms with E-state index in [1.54, 1.807) is 44.6 Å². The van der Waals surface area contributed by atoms with Gasteiger partial charge in [0, 0.05) is 119 Å². The number of halogens is 5. The van der Waals surface area contributed by atoms with Crippen molar-refractivity contribution >= 4 is 102 Å². The molecule has 21 nitrogen and oxygen atoms in total. The van der Waals surface area contributed by atoms with E-state index in [9.17, 15) is 24.9 Å². The Balaban J connectivity index is 0.000000216. The van der Waals surface area contributed by atoms with Crippen LogP contribution < -0.4 is 149 Å². The Bertz CT molecular complexity index is 3760. The van der Waals surface area contributed by atoms with Gasteiger partial charge in [-0.1, -0.05) is 90.9 Å². The number of carbonyl (C=O) groups is 4. The van der Waals surface area contributed by atoms with Gasteiger partial charge in [-0.25, -0.2) is 0 Å². The standard InChI is InChI=1S/C26H29ClN4O2.C19H20ClN5O.C19H27N3O2.C7H3BrClN.CH3Br.CH2O3.2K.H/c1-33-23-5-2-17(3-6-23)15-31-21-4-7-25(31)24(13-21)29-26(32)19-8-9-30(16-19)22-11-18(14-28)10-20(27)12-22;20-14-5-12(9-21)6-16(7-14)24-4-3-13(10-24)19(26)23-17-8-15-1-2-18(17)25(15)11-22;1-24-16-5-2-13(3-6-16)12-22-15-4-7-18(22)17(10-15)21-19(23)14-8-9-20-11-14;8-6-1-5(4-10)2-7(9)3-6;1-2;2-1-4-3;;;/h2-3,5-6,10-12,19,21,24-25H,4,7-9,13,15-16H2,1H3,(H,29,32);5-7,13,15,17-18H,1-4,8,10H2,(H,23,26);2-3,5-6,14-15,17-18,20H,4,7-12H2,1H3,(H,21,23);1-3H;1H3;1,3H;;;/q;;;;;;2*+1;-1/p-1/t19?,21-,24+,25+;13?,15-,17+,18+;14?,15-,17+,18+;;;;;;/m000....../s1. The second-order valence-electron chi connectivity index (χ2n) is 26.1. The van der Waals surface area contributed by atoms with Crippen molar-refractivity contribution in [1.82, 2.24) is 36.0 Å². The maximum atomic E-state index is 13.1. The Morgan fingerprint density at radius 1 is 0.574 bits per heavy atom. The van der Waals surface area contributed by atoms with Crippen LogP contribution in [0.5, 0.6) is 11.5 Å². The number of hydrogen-bond acceptors (Lipinski definition) is 18. The molecule has 3 unspecified atom stereocenters. The van der Waals surface area contributed by atoms with E-state index >= 15 is 0 Å². The van der Waals surface area contributed by atoms with Gasteiger partial charge in [0.25, 0.3) is 6.47 Å². The van der Waals surface area contributed by atoms with E-state index in [0.29, 0.717) is 81.1 Å². The number of carbonyl (C=O) groups excluding carboxylic acids is 4. The van der Waals surface area contributed by atoms with Crippen LogP contribution in [0.4, 0.5) is 11.4 Å². The summed E-state index contributed by atoms with van der Waals surface area (Å²) in [5.41, 5.74) is 6.05. The van der Waals surface area contributed by atoms with Gasteiger partial charge < -0.3 is 57.0 Å². The normalized spacial score (nSPS) is 25.0. The number of anilines is 2. The summed E-state index contributed by atoms with van der Waals surface area (Å²) in [5.74, 6) is 4.12. The molecule has 526 valence electrons. The Kier molecular flexibility index (Phi) is 34.7. The van der Waals surface area contributed by atoms with E-state index in [0.717, 1.165) is 124 Å². The smallest absolute Gasteiger partial charge is 1.00 e. The second kappa shape index (κ2) is 41.7. The number of rotatable bonds is 15. The number of benzene rings is 5. The summed E-state index contributed by atoms with van der Waals surface area (Å²) >= 11 is 24.1. The first kappa shape index (κ1) is 84.1. The topological polar surface area (TPSA) is 279 Å². The van der Waals surface area contributed by atoms with Crippen LogP contribution in [0, 0.1) is 63.2 Å². The van der Waals surface area contributed by atoms with Crippen LogP contribution in [0.3, 0.4) is 0 Å². The number of methoxy groups -OCH3 is 2. The summed E-state index contributed by atoms with van der Waals surface area (Å²) in [5, 5.41) is 59.3. The van der Waals surface area contributed by atoms with Crippen molar-refractivity contribution < 1.29 is 143 Å². The predicted octanol–water partition coefficient (Wildman–Crippen LogP) is 4.28. The van der Waals surface area contributed by atoms with Crippen LogP contribution in [0.1, 0.15) is 106 Å². The molecule has 0 saturated carbocycles. The minimum absolute atomic E-state index is 0. The van der Waals surface area contributed by atoms with E-state index in [-0.39, 0.29) is 164 Å². The maximum Gasteiger partial charge on any atom is 1.00 e. The molecule has 14 rings (SSSR count). The summed E-state index contributed by atoms with van der Waals surface area (Å²) in [7, 11) is 3.38. The van der Waals surface area contributed by atoms with Gasteiger partial charge in [-0.05, 0) is 179 Å². The van der Waals surface area contributed by atoms with Gasteiger partial charge in [0.1, 0.15) is 11.5 Å². The average molecular weight is 1620 g/mol. The molecule has 101 heavy (non-hydrogen) atoms. The molecule has 5 aromatic rings. The van der Waals surface area contributed by atoms with Crippen LogP contribution in [0.2, 0.25) is 15.1 Å². The third-order valence-corrected chi connectivity index (χ3v) is 21.5. The van der Waals surface area contributed by atoms with Crippen LogP contribution >= 0.6 is 66.7 Å². The van der Waals surface area contributed by atoms with E-state index in [4.69, 9.17) is 64.9 Å². The summed E-state index contributed by atoms with van der Waals surface area (Å²) in [6, 6.07) is 41.8. The van der Waals surface area contributed by atoms with Gasteiger partial charge in [-0.3, -0.25) is 29.0 Å². The number of nitrogens with one attached hydrogen (secondary N) is 4. The molecule has 9 aliphatic heterocycles. The summed E-state index contributed by atoms with van der Waals surface area (Å²) < 4.78 is 11.3. The van der Waals surface area contributed by atoms with Gasteiger partial charge in [0.15, 0.2) is 6.19 Å². The van der Waals surface area contributed by atoms with E-state index in [1.165, 1.54) is 30.4 Å². The largest absolute Gasteiger partial charge is 1.00 e. The van der Waals surface area contributed by atoms with Crippen LogP contribution in [0.15, 0.2) is 108 Å². The van der Waals surface area contributed by atoms with Crippen molar-refractivity contribution in [2.24, 2.45) is 17.8 Å². The Hall–Kier alpha value is -4.12. The summed E-state index contributed by atoms with van der Waals surface area (Å²) in [4.78, 5) is 60.8. The molecular weight excluding hydrogens is 1530 g/mol. The van der Waals surface area contributed by atoms with Crippen molar-refractivity contribution in [3.05, 3.63) is 150 Å². The predicted molar refractivity (Wildman–Crippen MR) is 386 cm³/mol. The number of amides is 3. The minimum Gasteiger partial charge on any atom is -1.00 e. The molecule has 5 aromatic carbocycles. The van der Waals surface area contributed by atoms with Gasteiger partial charge in [0.2, 0.25) is 17.7 Å². The van der Waals surface area contributed by atoms with E-state index in [2.05, 4.69) is 120 Å². The fourth-order valence-electron chi connectivity index (χ4n) is 15.6. The molecule has 4 N–H and O–H groups in total. The number of hydrogen-bond donors (Lipinski definition) is 4. The molecule has 0 radical (unpaired) electrons. The van der Waals surface area contributed by atoms with Crippen LogP contribution in [-0.4, -0.2) is 153 Å². The van der Waals surface area contributed by atoms with Crippen LogP contribution in [0.25, 0.3) is 0 Å². The Labute approximate surface area is 711 Å². The fraction of sp³-hybridized carbons (Fsp3) is 0.479. The zero-order valence-corrected chi connectivity index (χ0v) is 69.3. The van der Waals surface area contributed by atoms with Gasteiger partial charge in [0.05, 0.1) is 79.0 Å². The maximum absolute atomic E-state index is 13.1. The van der Waals surface area contributed by atoms with Crippen molar-refractivity contribution in [3.8, 4) is 35.9 Å². The average Bonchev–Trinajstić information content (AvgIpc) is 1.64. The fourth-order valence-corrected chi connectivity index (χ4v) is 17.0. The molecule has 9 saturated heterocycles. The summed E-state index contributed by atoms with van der Waals surface area (Å²) in [6.07, 6.45) is 14.7. The van der Waals surface area contributed by atoms with Crippen molar-refractivity contribution in [3.63, 3.8) is 0 Å². The molecule has 9 fully saturated rings. The van der Waals surface area contributed by atoms with Crippen molar-refractivity contribution in [2.45, 2.75) is 145 Å². The van der Waals surface area contributed by atoms with Crippen molar-refractivity contribution in [1.29, 1.82) is 21.0 Å². The zero-order valence-electron chi connectivity index (χ0n) is 58.6. The first-order valence-corrected chi connectivity index (χ1v) is 37.0. The Morgan fingerprint density at radius 2 is 0.970 bits per heavy atom. The third kappa shape index (κ3) is 22.7. The first-order chi connectivity index (χ1) is 48.0. The minimum atomic E-state index is -0.181. The Morgan fingerprint density at radius 3 is 1.36 bits per heavy atom. The number of nitrogens with zero attached hydrogens (tertiary/aromatic N) is 9. The van der Waals surface area contributed by atoms with E-state index in [1.807, 2.05) is 65.3 Å². The molecule has 12 atom stereocenters. The van der Waals surface area contributed by atoms with Crippen molar-refractivity contribution in [2.75, 3.05) is 69.1 Å². The number of alkyl halides is 1. The quantitative estimate of drug-likeness (QED) is 0.0284. The molecule has 6 bridgehead atoms. The molecule has 0 spiro atoms. The molecule has 28 heteroatoms.